The van der Waals surface area contributed by atoms with Crippen molar-refractivity contribution in [3.05, 3.63) is 46.1 Å². The van der Waals surface area contributed by atoms with Crippen molar-refractivity contribution in [1.82, 2.24) is 0 Å². The molecule has 0 unspecified atom stereocenters. The van der Waals surface area contributed by atoms with Crippen LogP contribution in [0.4, 0.5) is 0 Å². The van der Waals surface area contributed by atoms with E-state index in [4.69, 9.17) is 5.73 Å². The minimum atomic E-state index is 0. The molecule has 0 bridgehead atoms. The zero-order valence-corrected chi connectivity index (χ0v) is 10.2. The summed E-state index contributed by atoms with van der Waals surface area (Å²) in [7, 11) is 0. The monoisotopic (exact) mass is 309 g/mol. The molecule has 72 valence electrons. The Kier molecular flexibility index (Phi) is 6.37. The van der Waals surface area contributed by atoms with E-state index in [1.54, 1.807) is 0 Å². The first-order chi connectivity index (χ1) is 5.74. The van der Waals surface area contributed by atoms with E-state index in [0.29, 0.717) is 0 Å². The second-order valence-corrected chi connectivity index (χ2v) is 3.93. The maximum absolute atomic E-state index is 5.88. The highest BCUT2D eigenvalue weighted by Crippen LogP contribution is 2.15. The summed E-state index contributed by atoms with van der Waals surface area (Å²) in [5, 5.41) is 0. The molecule has 0 amide bonds. The van der Waals surface area contributed by atoms with Crippen molar-refractivity contribution in [3.63, 3.8) is 0 Å². The van der Waals surface area contributed by atoms with Gasteiger partial charge in [-0.15, -0.1) is 19.0 Å². The van der Waals surface area contributed by atoms with Crippen LogP contribution >= 0.6 is 35.0 Å². The summed E-state index contributed by atoms with van der Waals surface area (Å²) in [4.78, 5) is 0. The van der Waals surface area contributed by atoms with E-state index in [1.807, 2.05) is 6.08 Å². The number of benzene rings is 1. The Balaban J connectivity index is 0.00000144. The van der Waals surface area contributed by atoms with Crippen LogP contribution in [0.3, 0.4) is 0 Å². The molecule has 0 fully saturated rings. The van der Waals surface area contributed by atoms with Crippen molar-refractivity contribution in [3.8, 4) is 0 Å². The fourth-order valence-corrected chi connectivity index (χ4v) is 1.39. The van der Waals surface area contributed by atoms with Crippen molar-refractivity contribution >= 4 is 35.0 Å². The minimum Gasteiger partial charge on any atom is -0.324 e. The van der Waals surface area contributed by atoms with Crippen LogP contribution in [-0.4, -0.2) is 0 Å². The van der Waals surface area contributed by atoms with Gasteiger partial charge in [-0.3, -0.25) is 0 Å². The number of hydrogen-bond acceptors (Lipinski definition) is 1. The van der Waals surface area contributed by atoms with Gasteiger partial charge >= 0.3 is 0 Å². The van der Waals surface area contributed by atoms with Gasteiger partial charge in [-0.1, -0.05) is 18.2 Å². The second kappa shape index (κ2) is 6.40. The summed E-state index contributed by atoms with van der Waals surface area (Å²) < 4.78 is 1.24. The summed E-state index contributed by atoms with van der Waals surface area (Å²) >= 11 is 2.28. The molecule has 1 aromatic carbocycles. The lowest BCUT2D eigenvalue weighted by atomic mass is 10.1. The molecule has 0 aliphatic carbocycles. The van der Waals surface area contributed by atoms with Gasteiger partial charge in [0.25, 0.3) is 0 Å². The largest absolute Gasteiger partial charge is 0.324 e. The van der Waals surface area contributed by atoms with E-state index in [2.05, 4.69) is 53.4 Å². The molecule has 0 heterocycles. The predicted molar refractivity (Wildman–Crippen MR) is 68.1 cm³/mol. The van der Waals surface area contributed by atoms with E-state index in [9.17, 15) is 0 Å². The smallest absolute Gasteiger partial charge is 0.0329 e. The van der Waals surface area contributed by atoms with Crippen LogP contribution in [0, 0.1) is 3.57 Å². The van der Waals surface area contributed by atoms with Crippen LogP contribution in [0.1, 0.15) is 18.0 Å². The van der Waals surface area contributed by atoms with Crippen molar-refractivity contribution in [2.24, 2.45) is 5.73 Å². The lowest BCUT2D eigenvalue weighted by Crippen LogP contribution is -2.08. The first-order valence-corrected chi connectivity index (χ1v) is 4.94. The first-order valence-electron chi connectivity index (χ1n) is 3.86. The fraction of sp³-hybridized carbons (Fsp3) is 0.200. The van der Waals surface area contributed by atoms with Gasteiger partial charge in [0.2, 0.25) is 0 Å². The van der Waals surface area contributed by atoms with Crippen LogP contribution in [0.15, 0.2) is 36.9 Å². The number of hydrogen-bond donors (Lipinski definition) is 1. The normalized spacial score (nSPS) is 11.5. The summed E-state index contributed by atoms with van der Waals surface area (Å²) in [6.45, 7) is 3.66. The molecule has 3 heteroatoms. The highest BCUT2D eigenvalue weighted by atomic mass is 127. The molecule has 0 radical (unpaired) electrons. The SMILES string of the molecule is C=CC[C@H](N)c1ccc(I)cc1.Cl. The van der Waals surface area contributed by atoms with Gasteiger partial charge in [0.15, 0.2) is 0 Å². The van der Waals surface area contributed by atoms with Crippen LogP contribution in [0.5, 0.6) is 0 Å². The maximum atomic E-state index is 5.88. The molecule has 2 N–H and O–H groups in total. The van der Waals surface area contributed by atoms with Gasteiger partial charge in [-0.2, -0.15) is 0 Å². The average Bonchev–Trinajstić information content (AvgIpc) is 2.06. The molecule has 13 heavy (non-hydrogen) atoms. The molecule has 1 nitrogen and oxygen atoms in total. The molecule has 0 saturated heterocycles. The molecule has 0 saturated carbocycles. The van der Waals surface area contributed by atoms with E-state index >= 15 is 0 Å². The number of halogens is 2. The van der Waals surface area contributed by atoms with Gasteiger partial charge in [-0.05, 0) is 46.7 Å². The fourth-order valence-electron chi connectivity index (χ4n) is 1.03. The van der Waals surface area contributed by atoms with Crippen molar-refractivity contribution < 1.29 is 0 Å². The maximum Gasteiger partial charge on any atom is 0.0329 e. The lowest BCUT2D eigenvalue weighted by Gasteiger charge is -2.08. The Labute approximate surface area is 99.0 Å². The Morgan fingerprint density at radius 3 is 2.38 bits per heavy atom. The highest BCUT2D eigenvalue weighted by Gasteiger charge is 2.01. The van der Waals surface area contributed by atoms with E-state index in [-0.39, 0.29) is 18.4 Å². The summed E-state index contributed by atoms with van der Waals surface area (Å²) in [5.41, 5.74) is 7.06. The minimum absolute atomic E-state index is 0. The highest BCUT2D eigenvalue weighted by molar-refractivity contribution is 14.1. The molecule has 1 aromatic rings. The predicted octanol–water partition coefficient (Wildman–Crippen LogP) is 3.29. The molecule has 1 atom stereocenters. The molecular formula is C10H13ClIN. The lowest BCUT2D eigenvalue weighted by molar-refractivity contribution is 0.741. The molecule has 0 aliphatic heterocycles. The average molecular weight is 310 g/mol. The second-order valence-electron chi connectivity index (χ2n) is 2.68. The zero-order valence-electron chi connectivity index (χ0n) is 7.24. The summed E-state index contributed by atoms with van der Waals surface area (Å²) in [5.74, 6) is 0. The van der Waals surface area contributed by atoms with Gasteiger partial charge in [0.05, 0.1) is 0 Å². The standard InChI is InChI=1S/C10H12IN.ClH/c1-2-3-10(12)8-4-6-9(11)7-5-8;/h2,4-7,10H,1,3,12H2;1H/t10-;/m0./s1. The van der Waals surface area contributed by atoms with Crippen molar-refractivity contribution in [2.45, 2.75) is 12.5 Å². The van der Waals surface area contributed by atoms with Gasteiger partial charge in [-0.25, -0.2) is 0 Å². The Morgan fingerprint density at radius 2 is 1.92 bits per heavy atom. The van der Waals surface area contributed by atoms with E-state index < -0.39 is 0 Å². The molecular weight excluding hydrogens is 296 g/mol. The topological polar surface area (TPSA) is 26.0 Å². The molecule has 0 aromatic heterocycles. The zero-order chi connectivity index (χ0) is 8.97. The third-order valence-electron chi connectivity index (χ3n) is 1.72. The molecule has 0 aliphatic rings. The van der Waals surface area contributed by atoms with Gasteiger partial charge in [0.1, 0.15) is 0 Å². The van der Waals surface area contributed by atoms with Crippen LogP contribution in [0.25, 0.3) is 0 Å². The summed E-state index contributed by atoms with van der Waals surface area (Å²) in [6, 6.07) is 8.36. The first kappa shape index (κ1) is 12.9. The number of rotatable bonds is 3. The van der Waals surface area contributed by atoms with Gasteiger partial charge < -0.3 is 5.73 Å². The third-order valence-corrected chi connectivity index (χ3v) is 2.44. The Bertz CT molecular complexity index is 258. The number of nitrogens with two attached hydrogens (primary N) is 1. The Morgan fingerprint density at radius 1 is 1.38 bits per heavy atom. The van der Waals surface area contributed by atoms with E-state index in [0.717, 1.165) is 6.42 Å². The molecule has 0 spiro atoms. The van der Waals surface area contributed by atoms with Crippen molar-refractivity contribution in [1.29, 1.82) is 0 Å². The molecule has 1 rings (SSSR count). The van der Waals surface area contributed by atoms with E-state index in [1.165, 1.54) is 9.13 Å². The quantitative estimate of drug-likeness (QED) is 0.673. The van der Waals surface area contributed by atoms with Crippen LogP contribution < -0.4 is 5.73 Å². The van der Waals surface area contributed by atoms with Crippen LogP contribution in [0.2, 0.25) is 0 Å². The Hall–Kier alpha value is -0.0600. The van der Waals surface area contributed by atoms with Crippen molar-refractivity contribution in [2.75, 3.05) is 0 Å². The third kappa shape index (κ3) is 4.11. The summed E-state index contributed by atoms with van der Waals surface area (Å²) in [6.07, 6.45) is 2.68. The van der Waals surface area contributed by atoms with Crippen LogP contribution in [-0.2, 0) is 0 Å². The van der Waals surface area contributed by atoms with Gasteiger partial charge in [0, 0.05) is 9.61 Å².